The summed E-state index contributed by atoms with van der Waals surface area (Å²) in [7, 11) is 0. The first-order valence-corrected chi connectivity index (χ1v) is 6.97. The molecule has 18 heavy (non-hydrogen) atoms. The second-order valence-corrected chi connectivity index (χ2v) is 5.95. The fourth-order valence-corrected chi connectivity index (χ4v) is 2.56. The Morgan fingerprint density at radius 3 is 2.28 bits per heavy atom. The van der Waals surface area contributed by atoms with E-state index in [0.29, 0.717) is 22.5 Å². The topological polar surface area (TPSA) is 46.2 Å². The fourth-order valence-electron chi connectivity index (χ4n) is 2.01. The van der Waals surface area contributed by atoms with Crippen LogP contribution in [0.15, 0.2) is 18.2 Å². The smallest absolute Gasteiger partial charge is 0.0649 e. The van der Waals surface area contributed by atoms with E-state index >= 15 is 0 Å². The maximum atomic E-state index is 10.4. The zero-order chi connectivity index (χ0) is 13.9. The summed E-state index contributed by atoms with van der Waals surface area (Å²) in [5.41, 5.74) is 6.66. The lowest BCUT2D eigenvalue weighted by atomic mass is 9.81. The fraction of sp³-hybridized carbons (Fsp3) is 0.571. The van der Waals surface area contributed by atoms with Gasteiger partial charge in [-0.3, -0.25) is 0 Å². The van der Waals surface area contributed by atoms with Gasteiger partial charge in [0.1, 0.15) is 0 Å². The van der Waals surface area contributed by atoms with E-state index in [-0.39, 0.29) is 11.8 Å². The van der Waals surface area contributed by atoms with Crippen molar-refractivity contribution in [3.8, 4) is 0 Å². The number of aliphatic hydroxyl groups is 1. The Kier molecular flexibility index (Phi) is 5.93. The van der Waals surface area contributed by atoms with E-state index < -0.39 is 6.10 Å². The van der Waals surface area contributed by atoms with Crippen LogP contribution in [0.3, 0.4) is 0 Å². The second kappa shape index (κ2) is 6.76. The summed E-state index contributed by atoms with van der Waals surface area (Å²) in [6, 6.07) is 5.31. The van der Waals surface area contributed by atoms with Crippen LogP contribution >= 0.6 is 23.2 Å². The Hall–Kier alpha value is -0.280. The number of aliphatic hydroxyl groups excluding tert-OH is 1. The summed E-state index contributed by atoms with van der Waals surface area (Å²) >= 11 is 12.1. The summed E-state index contributed by atoms with van der Waals surface area (Å²) in [4.78, 5) is 0. The van der Waals surface area contributed by atoms with Crippen molar-refractivity contribution in [3.05, 3.63) is 33.8 Å². The monoisotopic (exact) mass is 289 g/mol. The van der Waals surface area contributed by atoms with E-state index in [1.165, 1.54) is 0 Å². The van der Waals surface area contributed by atoms with Crippen molar-refractivity contribution in [1.29, 1.82) is 0 Å². The van der Waals surface area contributed by atoms with Crippen LogP contribution in [0, 0.1) is 11.8 Å². The van der Waals surface area contributed by atoms with Crippen molar-refractivity contribution in [2.24, 2.45) is 17.6 Å². The molecule has 2 nitrogen and oxygen atoms in total. The van der Waals surface area contributed by atoms with Crippen LogP contribution in [-0.2, 0) is 0 Å². The standard InChI is InChI=1S/C14H21Cl2NO/c1-8(2)9(3)14(18)12(7-17)11-5-4-10(15)6-13(11)16/h4-6,8-9,12,14,18H,7,17H2,1-3H3. The quantitative estimate of drug-likeness (QED) is 0.868. The maximum absolute atomic E-state index is 10.4. The van der Waals surface area contributed by atoms with Gasteiger partial charge in [-0.1, -0.05) is 50.0 Å². The van der Waals surface area contributed by atoms with Gasteiger partial charge in [-0.25, -0.2) is 0 Å². The molecule has 0 fully saturated rings. The number of rotatable bonds is 5. The third-order valence-electron chi connectivity index (χ3n) is 3.62. The molecule has 0 radical (unpaired) electrons. The lowest BCUT2D eigenvalue weighted by Crippen LogP contribution is -2.33. The Bertz CT molecular complexity index is 395. The molecule has 1 aromatic carbocycles. The molecule has 3 atom stereocenters. The first kappa shape index (κ1) is 15.8. The van der Waals surface area contributed by atoms with Crippen molar-refractivity contribution in [2.45, 2.75) is 32.8 Å². The van der Waals surface area contributed by atoms with Gasteiger partial charge in [0, 0.05) is 22.5 Å². The van der Waals surface area contributed by atoms with Gasteiger partial charge < -0.3 is 10.8 Å². The number of nitrogens with two attached hydrogens (primary N) is 1. The first-order chi connectivity index (χ1) is 8.38. The highest BCUT2D eigenvalue weighted by Crippen LogP contribution is 2.33. The van der Waals surface area contributed by atoms with Crippen LogP contribution in [0.1, 0.15) is 32.3 Å². The summed E-state index contributed by atoms with van der Waals surface area (Å²) in [5, 5.41) is 11.6. The molecule has 0 aliphatic carbocycles. The largest absolute Gasteiger partial charge is 0.392 e. The molecule has 0 aromatic heterocycles. The predicted molar refractivity (Wildman–Crippen MR) is 78.3 cm³/mol. The Labute approximate surface area is 119 Å². The molecule has 0 aliphatic rings. The molecule has 0 aliphatic heterocycles. The minimum absolute atomic E-state index is 0.158. The molecule has 1 rings (SSSR count). The Morgan fingerprint density at radius 2 is 1.83 bits per heavy atom. The molecule has 0 heterocycles. The van der Waals surface area contributed by atoms with Crippen LogP contribution in [0.5, 0.6) is 0 Å². The summed E-state index contributed by atoms with van der Waals surface area (Å²) in [6.45, 7) is 6.57. The van der Waals surface area contributed by atoms with Gasteiger partial charge in [0.15, 0.2) is 0 Å². The third-order valence-corrected chi connectivity index (χ3v) is 4.18. The van der Waals surface area contributed by atoms with Crippen LogP contribution in [0.4, 0.5) is 0 Å². The van der Waals surface area contributed by atoms with E-state index in [0.717, 1.165) is 5.56 Å². The average molecular weight is 290 g/mol. The number of benzene rings is 1. The highest BCUT2D eigenvalue weighted by molar-refractivity contribution is 6.35. The summed E-state index contributed by atoms with van der Waals surface area (Å²) in [6.07, 6.45) is -0.506. The lowest BCUT2D eigenvalue weighted by Gasteiger charge is -2.30. The van der Waals surface area contributed by atoms with E-state index in [1.807, 2.05) is 13.0 Å². The molecule has 0 bridgehead atoms. The molecule has 0 saturated carbocycles. The van der Waals surface area contributed by atoms with Crippen molar-refractivity contribution in [1.82, 2.24) is 0 Å². The van der Waals surface area contributed by atoms with Crippen LogP contribution in [0.2, 0.25) is 10.0 Å². The molecule has 0 amide bonds. The highest BCUT2D eigenvalue weighted by atomic mass is 35.5. The van der Waals surface area contributed by atoms with Crippen molar-refractivity contribution >= 4 is 23.2 Å². The SMILES string of the molecule is CC(C)C(C)C(O)C(CN)c1ccc(Cl)cc1Cl. The first-order valence-electron chi connectivity index (χ1n) is 6.21. The van der Waals surface area contributed by atoms with Crippen molar-refractivity contribution in [2.75, 3.05) is 6.54 Å². The highest BCUT2D eigenvalue weighted by Gasteiger charge is 2.28. The van der Waals surface area contributed by atoms with Gasteiger partial charge in [0.25, 0.3) is 0 Å². The molecular formula is C14H21Cl2NO. The van der Waals surface area contributed by atoms with Gasteiger partial charge in [0.2, 0.25) is 0 Å². The maximum Gasteiger partial charge on any atom is 0.0649 e. The van der Waals surface area contributed by atoms with Gasteiger partial charge >= 0.3 is 0 Å². The molecule has 3 unspecified atom stereocenters. The minimum atomic E-state index is -0.506. The van der Waals surface area contributed by atoms with Crippen molar-refractivity contribution < 1.29 is 5.11 Å². The molecular weight excluding hydrogens is 269 g/mol. The number of hydrogen-bond acceptors (Lipinski definition) is 2. The molecule has 1 aromatic rings. The molecule has 0 saturated heterocycles. The lowest BCUT2D eigenvalue weighted by molar-refractivity contribution is 0.0684. The van der Waals surface area contributed by atoms with Crippen LogP contribution in [-0.4, -0.2) is 17.8 Å². The summed E-state index contributed by atoms with van der Waals surface area (Å²) in [5.74, 6) is 0.387. The minimum Gasteiger partial charge on any atom is -0.392 e. The number of hydrogen-bond donors (Lipinski definition) is 2. The van der Waals surface area contributed by atoms with Crippen LogP contribution < -0.4 is 5.73 Å². The normalized spacial score (nSPS) is 16.7. The van der Waals surface area contributed by atoms with E-state index in [1.54, 1.807) is 12.1 Å². The molecule has 4 heteroatoms. The van der Waals surface area contributed by atoms with Crippen LogP contribution in [0.25, 0.3) is 0 Å². The van der Waals surface area contributed by atoms with E-state index in [9.17, 15) is 5.11 Å². The zero-order valence-electron chi connectivity index (χ0n) is 11.0. The number of halogens is 2. The zero-order valence-corrected chi connectivity index (χ0v) is 12.5. The molecule has 102 valence electrons. The Morgan fingerprint density at radius 1 is 1.22 bits per heavy atom. The second-order valence-electron chi connectivity index (χ2n) is 5.10. The Balaban J connectivity index is 3.02. The summed E-state index contributed by atoms with van der Waals surface area (Å²) < 4.78 is 0. The molecule has 0 spiro atoms. The van der Waals surface area contributed by atoms with Gasteiger partial charge in [0.05, 0.1) is 6.10 Å². The molecule has 3 N–H and O–H groups in total. The average Bonchev–Trinajstić information content (AvgIpc) is 2.31. The predicted octanol–water partition coefficient (Wildman–Crippen LogP) is 3.69. The van der Waals surface area contributed by atoms with Gasteiger partial charge in [-0.05, 0) is 29.5 Å². The van der Waals surface area contributed by atoms with Gasteiger partial charge in [-0.15, -0.1) is 0 Å². The van der Waals surface area contributed by atoms with Gasteiger partial charge in [-0.2, -0.15) is 0 Å². The third kappa shape index (κ3) is 3.61. The van der Waals surface area contributed by atoms with E-state index in [4.69, 9.17) is 28.9 Å². The van der Waals surface area contributed by atoms with E-state index in [2.05, 4.69) is 13.8 Å². The van der Waals surface area contributed by atoms with Crippen molar-refractivity contribution in [3.63, 3.8) is 0 Å².